The highest BCUT2D eigenvalue weighted by Gasteiger charge is 2.25. The zero-order chi connectivity index (χ0) is 30.4. The summed E-state index contributed by atoms with van der Waals surface area (Å²) in [4.78, 5) is 47.1. The van der Waals surface area contributed by atoms with Gasteiger partial charge in [0.2, 0.25) is 5.91 Å². The van der Waals surface area contributed by atoms with Crippen molar-refractivity contribution in [3.8, 4) is 0 Å². The van der Waals surface area contributed by atoms with E-state index in [1.54, 1.807) is 29.8 Å². The van der Waals surface area contributed by atoms with Gasteiger partial charge in [-0.25, -0.2) is 4.98 Å². The zero-order valence-electron chi connectivity index (χ0n) is 25.5. The molecule has 1 aliphatic heterocycles. The number of benzene rings is 2. The molecule has 4 rings (SSSR count). The molecule has 9 heteroatoms. The Labute approximate surface area is 258 Å². The second-order valence-corrected chi connectivity index (χ2v) is 13.8. The van der Waals surface area contributed by atoms with E-state index in [1.165, 1.54) is 16.9 Å². The number of amides is 3. The van der Waals surface area contributed by atoms with Crippen LogP contribution in [0.2, 0.25) is 0 Å². The number of aryl methyl sites for hydroxylation is 3. The molecule has 0 bridgehead atoms. The van der Waals surface area contributed by atoms with E-state index in [2.05, 4.69) is 51.0 Å². The summed E-state index contributed by atoms with van der Waals surface area (Å²) >= 11 is 2.97. The predicted molar refractivity (Wildman–Crippen MR) is 172 cm³/mol. The van der Waals surface area contributed by atoms with E-state index in [4.69, 9.17) is 0 Å². The summed E-state index contributed by atoms with van der Waals surface area (Å²) in [6.07, 6.45) is 4.67. The van der Waals surface area contributed by atoms with Gasteiger partial charge in [0.25, 0.3) is 11.8 Å². The van der Waals surface area contributed by atoms with E-state index in [0.29, 0.717) is 54.3 Å². The summed E-state index contributed by atoms with van der Waals surface area (Å²) in [5, 5.41) is 3.47. The number of nitrogens with one attached hydrogen (secondary N) is 1. The molecule has 1 unspecified atom stereocenters. The molecule has 3 amide bonds. The van der Waals surface area contributed by atoms with E-state index in [-0.39, 0.29) is 17.7 Å². The molecule has 0 radical (unpaired) electrons. The predicted octanol–water partition coefficient (Wildman–Crippen LogP) is 6.95. The third-order valence-electron chi connectivity index (χ3n) is 8.18. The van der Waals surface area contributed by atoms with Crippen LogP contribution in [0.4, 0.5) is 5.13 Å². The number of nitrogens with zero attached hydrogens (tertiary/aromatic N) is 3. The summed E-state index contributed by atoms with van der Waals surface area (Å²) in [6.45, 7) is 14.7. The van der Waals surface area contributed by atoms with Crippen molar-refractivity contribution in [2.75, 3.05) is 31.5 Å². The first kappa shape index (κ1) is 31.8. The van der Waals surface area contributed by atoms with Gasteiger partial charge in [-0.1, -0.05) is 69.0 Å². The number of carbonyl (C=O) groups is 3. The monoisotopic (exact) mass is 606 g/mol. The van der Waals surface area contributed by atoms with Crippen LogP contribution >= 0.6 is 23.1 Å². The molecule has 1 fully saturated rings. The van der Waals surface area contributed by atoms with Crippen molar-refractivity contribution < 1.29 is 14.4 Å². The van der Waals surface area contributed by atoms with Crippen LogP contribution in [0, 0.1) is 18.8 Å². The maximum absolute atomic E-state index is 13.5. The minimum Gasteiger partial charge on any atom is -0.339 e. The first-order valence-corrected chi connectivity index (χ1v) is 16.4. The quantitative estimate of drug-likeness (QED) is 0.270. The summed E-state index contributed by atoms with van der Waals surface area (Å²) in [5.41, 5.74) is 4.68. The van der Waals surface area contributed by atoms with Gasteiger partial charge in [-0.15, -0.1) is 0 Å². The topological polar surface area (TPSA) is 82.6 Å². The lowest BCUT2D eigenvalue weighted by Crippen LogP contribution is -2.50. The Morgan fingerprint density at radius 1 is 1.02 bits per heavy atom. The van der Waals surface area contributed by atoms with Crippen LogP contribution in [0.1, 0.15) is 78.4 Å². The molecular weight excluding hydrogens is 565 g/mol. The summed E-state index contributed by atoms with van der Waals surface area (Å²) < 4.78 is 0.931. The van der Waals surface area contributed by atoms with Gasteiger partial charge < -0.3 is 9.80 Å². The van der Waals surface area contributed by atoms with Crippen LogP contribution in [-0.4, -0.2) is 58.7 Å². The molecule has 0 spiro atoms. The van der Waals surface area contributed by atoms with Crippen molar-refractivity contribution in [2.45, 2.75) is 69.9 Å². The van der Waals surface area contributed by atoms with Crippen LogP contribution in [-0.2, 0) is 17.6 Å². The molecule has 1 aromatic heterocycles. The van der Waals surface area contributed by atoms with Crippen LogP contribution in [0.25, 0.3) is 0 Å². The second-order valence-electron chi connectivity index (χ2n) is 11.4. The highest BCUT2D eigenvalue weighted by Crippen LogP contribution is 2.37. The second kappa shape index (κ2) is 14.3. The number of thiazole rings is 1. The number of rotatable bonds is 10. The van der Waals surface area contributed by atoms with Crippen LogP contribution in [0.3, 0.4) is 0 Å². The molecule has 2 heterocycles. The molecule has 224 valence electrons. The van der Waals surface area contributed by atoms with Gasteiger partial charge in [0.15, 0.2) is 5.13 Å². The van der Waals surface area contributed by atoms with E-state index in [9.17, 15) is 14.4 Å². The average Bonchev–Trinajstić information content (AvgIpc) is 3.42. The van der Waals surface area contributed by atoms with Crippen LogP contribution in [0.5, 0.6) is 0 Å². The number of piperazine rings is 1. The number of anilines is 1. The van der Waals surface area contributed by atoms with Gasteiger partial charge in [0.05, 0.1) is 10.4 Å². The molecule has 1 aliphatic rings. The Morgan fingerprint density at radius 3 is 2.31 bits per heavy atom. The third-order valence-corrected chi connectivity index (χ3v) is 10.4. The highest BCUT2D eigenvalue weighted by molar-refractivity contribution is 8.01. The largest absolute Gasteiger partial charge is 0.339 e. The maximum Gasteiger partial charge on any atom is 0.257 e. The first-order chi connectivity index (χ1) is 20.0. The van der Waals surface area contributed by atoms with E-state index < -0.39 is 0 Å². The highest BCUT2D eigenvalue weighted by atomic mass is 32.2. The molecule has 7 nitrogen and oxygen atoms in total. The van der Waals surface area contributed by atoms with Crippen molar-refractivity contribution >= 4 is 46.0 Å². The summed E-state index contributed by atoms with van der Waals surface area (Å²) in [7, 11) is 0. The number of hydrogen-bond donors (Lipinski definition) is 1. The van der Waals surface area contributed by atoms with Crippen molar-refractivity contribution in [3.05, 3.63) is 70.4 Å². The van der Waals surface area contributed by atoms with Gasteiger partial charge in [-0.3, -0.25) is 19.7 Å². The minimum absolute atomic E-state index is 0.00890. The smallest absolute Gasteiger partial charge is 0.257 e. The van der Waals surface area contributed by atoms with Gasteiger partial charge in [0.1, 0.15) is 0 Å². The molecule has 42 heavy (non-hydrogen) atoms. The van der Waals surface area contributed by atoms with Crippen molar-refractivity contribution in [1.29, 1.82) is 0 Å². The first-order valence-electron chi connectivity index (χ1n) is 14.8. The number of hydrogen-bond acceptors (Lipinski definition) is 6. The Hall–Kier alpha value is -3.17. The summed E-state index contributed by atoms with van der Waals surface area (Å²) in [5.74, 6) is 1.21. The fraction of sp³-hybridized carbons (Fsp3) is 0.455. The fourth-order valence-electron chi connectivity index (χ4n) is 4.94. The standard InChI is InChI=1S/C33H42N4O3S2/c1-7-26-18-23(5)29(19-28(26)32(40)37-16-14-36(15-17-37)24(6)38)41-30-20-34-33(42-30)35-31(39)27-12-10-25(11-13-27)9-8-22(4)21(2)3/h10-13,18-22H,7-9,14-17H2,1-6H3,(H,34,35,39). The maximum atomic E-state index is 13.5. The van der Waals surface area contributed by atoms with E-state index in [1.807, 2.05) is 35.2 Å². The molecule has 0 saturated carbocycles. The van der Waals surface area contributed by atoms with Gasteiger partial charge in [-0.2, -0.15) is 0 Å². The minimum atomic E-state index is -0.177. The lowest BCUT2D eigenvalue weighted by Gasteiger charge is -2.34. The SMILES string of the molecule is CCc1cc(C)c(Sc2cnc(NC(=O)c3ccc(CCC(C)C(C)C)cc3)s2)cc1C(=O)N1CCN(C(C)=O)CC1. The molecule has 1 N–H and O–H groups in total. The number of aromatic nitrogens is 1. The molecule has 0 aliphatic carbocycles. The zero-order valence-corrected chi connectivity index (χ0v) is 27.2. The Bertz CT molecular complexity index is 1410. The van der Waals surface area contributed by atoms with Crippen LogP contribution in [0.15, 0.2) is 51.7 Å². The Kier molecular flexibility index (Phi) is 10.8. The van der Waals surface area contributed by atoms with E-state index in [0.717, 1.165) is 39.5 Å². The molecule has 1 atom stereocenters. The van der Waals surface area contributed by atoms with Crippen molar-refractivity contribution in [1.82, 2.24) is 14.8 Å². The normalized spacial score (nSPS) is 14.3. The molecule has 1 saturated heterocycles. The van der Waals surface area contributed by atoms with Gasteiger partial charge in [-0.05, 0) is 72.9 Å². The lowest BCUT2D eigenvalue weighted by atomic mass is 9.91. The van der Waals surface area contributed by atoms with Crippen molar-refractivity contribution in [3.63, 3.8) is 0 Å². The lowest BCUT2D eigenvalue weighted by molar-refractivity contribution is -0.130. The average molecular weight is 607 g/mol. The molecular formula is C33H42N4O3S2. The van der Waals surface area contributed by atoms with Crippen molar-refractivity contribution in [2.24, 2.45) is 11.8 Å². The van der Waals surface area contributed by atoms with Gasteiger partial charge in [0, 0.05) is 49.1 Å². The molecule has 2 aromatic carbocycles. The van der Waals surface area contributed by atoms with E-state index >= 15 is 0 Å². The fourth-order valence-corrected chi connectivity index (χ4v) is 6.87. The Morgan fingerprint density at radius 2 is 1.69 bits per heavy atom. The summed E-state index contributed by atoms with van der Waals surface area (Å²) in [6, 6.07) is 11.9. The third kappa shape index (κ3) is 8.01. The van der Waals surface area contributed by atoms with Crippen LogP contribution < -0.4 is 5.32 Å². The number of carbonyl (C=O) groups excluding carboxylic acids is 3. The van der Waals surface area contributed by atoms with Gasteiger partial charge >= 0.3 is 0 Å². The molecule has 3 aromatic rings. The Balaban J connectivity index is 1.40.